The predicted octanol–water partition coefficient (Wildman–Crippen LogP) is 6.84. The van der Waals surface area contributed by atoms with Gasteiger partial charge in [-0.3, -0.25) is 0 Å². The van der Waals surface area contributed by atoms with Crippen LogP contribution in [0, 0.1) is 11.3 Å². The lowest BCUT2D eigenvalue weighted by Gasteiger charge is -2.12. The number of hydrogen-bond donors (Lipinski definition) is 0. The highest BCUT2D eigenvalue weighted by Crippen LogP contribution is 2.31. The number of aromatic nitrogens is 1. The summed E-state index contributed by atoms with van der Waals surface area (Å²) in [5, 5.41) is 10.5. The van der Waals surface area contributed by atoms with Crippen LogP contribution in [0.2, 0.25) is 5.02 Å². The third-order valence-electron chi connectivity index (χ3n) is 4.55. The molecular weight excluding hydrogens is 364 g/mol. The van der Waals surface area contributed by atoms with Crippen molar-refractivity contribution >= 4 is 23.8 Å². The quantitative estimate of drug-likeness (QED) is 0.381. The molecule has 0 aliphatic carbocycles. The lowest BCUT2D eigenvalue weighted by Crippen LogP contribution is -1.99. The van der Waals surface area contributed by atoms with Crippen molar-refractivity contribution in [2.45, 2.75) is 0 Å². The summed E-state index contributed by atoms with van der Waals surface area (Å²) in [6.45, 7) is 0. The first kappa shape index (κ1) is 17.9. The zero-order valence-corrected chi connectivity index (χ0v) is 15.8. The Bertz CT molecular complexity index is 1150. The maximum Gasteiger partial charge on any atom is 0.101 e. The third-order valence-corrected chi connectivity index (χ3v) is 4.80. The van der Waals surface area contributed by atoms with Gasteiger partial charge in [0.2, 0.25) is 0 Å². The van der Waals surface area contributed by atoms with Crippen molar-refractivity contribution in [3.8, 4) is 23.0 Å². The van der Waals surface area contributed by atoms with E-state index in [1.807, 2.05) is 103 Å². The monoisotopic (exact) mass is 380 g/mol. The minimum atomic E-state index is 0.626. The van der Waals surface area contributed by atoms with Crippen molar-refractivity contribution in [1.29, 1.82) is 5.26 Å². The van der Waals surface area contributed by atoms with Gasteiger partial charge in [-0.25, -0.2) is 0 Å². The summed E-state index contributed by atoms with van der Waals surface area (Å²) in [6.07, 6.45) is 4.02. The van der Waals surface area contributed by atoms with Crippen LogP contribution >= 0.6 is 11.6 Å². The second kappa shape index (κ2) is 8.00. The van der Waals surface area contributed by atoms with Crippen molar-refractivity contribution in [2.75, 3.05) is 0 Å². The van der Waals surface area contributed by atoms with Crippen molar-refractivity contribution < 1.29 is 0 Å². The molecule has 28 heavy (non-hydrogen) atoms. The molecule has 1 aromatic heterocycles. The van der Waals surface area contributed by atoms with Crippen LogP contribution in [0.25, 0.3) is 29.1 Å². The zero-order valence-electron chi connectivity index (χ0n) is 15.1. The Morgan fingerprint density at radius 2 is 1.43 bits per heavy atom. The molecule has 3 aromatic carbocycles. The third kappa shape index (κ3) is 3.62. The van der Waals surface area contributed by atoms with E-state index in [4.69, 9.17) is 11.6 Å². The Balaban J connectivity index is 1.93. The Kier molecular flexibility index (Phi) is 5.10. The normalized spacial score (nSPS) is 10.9. The van der Waals surface area contributed by atoms with Crippen molar-refractivity contribution in [1.82, 2.24) is 4.57 Å². The van der Waals surface area contributed by atoms with E-state index in [9.17, 15) is 5.26 Å². The molecule has 134 valence electrons. The highest BCUT2D eigenvalue weighted by Gasteiger charge is 2.16. The van der Waals surface area contributed by atoms with Crippen molar-refractivity contribution in [3.05, 3.63) is 113 Å². The van der Waals surface area contributed by atoms with Gasteiger partial charge in [0.15, 0.2) is 0 Å². The largest absolute Gasteiger partial charge is 0.309 e. The van der Waals surface area contributed by atoms with Crippen LogP contribution in [0.4, 0.5) is 0 Å². The van der Waals surface area contributed by atoms with Gasteiger partial charge in [0, 0.05) is 10.7 Å². The number of hydrogen-bond acceptors (Lipinski definition) is 1. The lowest BCUT2D eigenvalue weighted by atomic mass is 10.1. The first-order valence-corrected chi connectivity index (χ1v) is 9.34. The van der Waals surface area contributed by atoms with Crippen LogP contribution in [0.5, 0.6) is 0 Å². The molecule has 4 aromatic rings. The molecule has 2 nitrogen and oxygen atoms in total. The van der Waals surface area contributed by atoms with Gasteiger partial charge in [0.1, 0.15) is 6.07 Å². The SMILES string of the molecule is N#Cc1cc(-c2ccccc2)n(-c2ccc(Cl)cc2)c1/C=C/c1ccccc1. The second-order valence-electron chi connectivity index (χ2n) is 6.36. The van der Waals surface area contributed by atoms with E-state index in [2.05, 4.69) is 10.6 Å². The molecule has 1 heterocycles. The zero-order chi connectivity index (χ0) is 19.3. The molecule has 0 N–H and O–H groups in total. The molecule has 3 heteroatoms. The summed E-state index contributed by atoms with van der Waals surface area (Å²) in [4.78, 5) is 0. The number of nitrogens with zero attached hydrogens (tertiary/aromatic N) is 2. The first-order chi connectivity index (χ1) is 13.8. The fourth-order valence-electron chi connectivity index (χ4n) is 3.21. The van der Waals surface area contributed by atoms with Crippen LogP contribution in [0.1, 0.15) is 16.8 Å². The van der Waals surface area contributed by atoms with Gasteiger partial charge >= 0.3 is 0 Å². The maximum atomic E-state index is 9.77. The predicted molar refractivity (Wildman–Crippen MR) is 116 cm³/mol. The van der Waals surface area contributed by atoms with Crippen molar-refractivity contribution in [3.63, 3.8) is 0 Å². The Morgan fingerprint density at radius 1 is 0.786 bits per heavy atom. The standard InChI is InChI=1S/C25H17ClN2/c26-22-12-14-23(15-13-22)28-24(16-11-19-7-3-1-4-8-19)21(18-27)17-25(28)20-9-5-2-6-10-20/h1-17H/b16-11+. The second-order valence-corrected chi connectivity index (χ2v) is 6.80. The fourth-order valence-corrected chi connectivity index (χ4v) is 3.33. The highest BCUT2D eigenvalue weighted by atomic mass is 35.5. The Morgan fingerprint density at radius 3 is 2.07 bits per heavy atom. The summed E-state index contributed by atoms with van der Waals surface area (Å²) < 4.78 is 2.10. The van der Waals surface area contributed by atoms with Gasteiger partial charge in [0.25, 0.3) is 0 Å². The molecule has 0 fully saturated rings. The number of nitriles is 1. The molecule has 0 amide bonds. The average molecular weight is 381 g/mol. The Hall–Kier alpha value is -3.54. The van der Waals surface area contributed by atoms with E-state index in [0.717, 1.165) is 28.2 Å². The fraction of sp³-hybridized carbons (Fsp3) is 0. The molecular formula is C25H17ClN2. The maximum absolute atomic E-state index is 9.77. The molecule has 4 rings (SSSR count). The van der Waals surface area contributed by atoms with Gasteiger partial charge in [-0.2, -0.15) is 5.26 Å². The highest BCUT2D eigenvalue weighted by molar-refractivity contribution is 6.30. The summed E-state index contributed by atoms with van der Waals surface area (Å²) in [6, 6.07) is 32.1. The molecule has 0 bridgehead atoms. The van der Waals surface area contributed by atoms with E-state index in [1.54, 1.807) is 0 Å². The first-order valence-electron chi connectivity index (χ1n) is 8.96. The molecule has 0 aliphatic heterocycles. The van der Waals surface area contributed by atoms with E-state index in [0.29, 0.717) is 10.6 Å². The number of benzene rings is 3. The summed E-state index contributed by atoms with van der Waals surface area (Å²) in [5.41, 5.74) is 5.52. The molecule has 0 unspecified atom stereocenters. The van der Waals surface area contributed by atoms with Crippen LogP contribution in [0.3, 0.4) is 0 Å². The van der Waals surface area contributed by atoms with Gasteiger partial charge in [0.05, 0.1) is 17.0 Å². The van der Waals surface area contributed by atoms with Crippen molar-refractivity contribution in [2.24, 2.45) is 0 Å². The minimum Gasteiger partial charge on any atom is -0.309 e. The van der Waals surface area contributed by atoms with E-state index >= 15 is 0 Å². The van der Waals surface area contributed by atoms with E-state index < -0.39 is 0 Å². The lowest BCUT2D eigenvalue weighted by molar-refractivity contribution is 1.07. The van der Waals surface area contributed by atoms with Crippen LogP contribution < -0.4 is 0 Å². The van der Waals surface area contributed by atoms with Gasteiger partial charge in [-0.15, -0.1) is 0 Å². The van der Waals surface area contributed by atoms with Gasteiger partial charge in [-0.1, -0.05) is 78.3 Å². The molecule has 0 saturated heterocycles. The van der Waals surface area contributed by atoms with Gasteiger partial charge < -0.3 is 4.57 Å². The van der Waals surface area contributed by atoms with E-state index in [-0.39, 0.29) is 0 Å². The smallest absolute Gasteiger partial charge is 0.101 e. The number of rotatable bonds is 4. The number of halogens is 1. The summed E-state index contributed by atoms with van der Waals surface area (Å²) in [7, 11) is 0. The Labute approximate surface area is 169 Å². The average Bonchev–Trinajstić information content (AvgIpc) is 3.13. The molecule has 0 radical (unpaired) electrons. The molecule has 0 saturated carbocycles. The summed E-state index contributed by atoms with van der Waals surface area (Å²) in [5.74, 6) is 0. The summed E-state index contributed by atoms with van der Waals surface area (Å²) >= 11 is 6.09. The minimum absolute atomic E-state index is 0.626. The topological polar surface area (TPSA) is 28.7 Å². The van der Waals surface area contributed by atoms with Gasteiger partial charge in [-0.05, 0) is 47.5 Å². The molecule has 0 spiro atoms. The van der Waals surface area contributed by atoms with Crippen LogP contribution in [-0.2, 0) is 0 Å². The van der Waals surface area contributed by atoms with Crippen LogP contribution in [-0.4, -0.2) is 4.57 Å². The van der Waals surface area contributed by atoms with E-state index in [1.165, 1.54) is 0 Å². The molecule has 0 atom stereocenters. The molecule has 0 aliphatic rings. The van der Waals surface area contributed by atoms with Crippen LogP contribution in [0.15, 0.2) is 91.0 Å².